The predicted molar refractivity (Wildman–Crippen MR) is 91.0 cm³/mol. The number of ether oxygens (including phenoxy) is 1. The summed E-state index contributed by atoms with van der Waals surface area (Å²) in [6, 6.07) is 4.43. The minimum absolute atomic E-state index is 0.156. The highest BCUT2D eigenvalue weighted by Gasteiger charge is 2.21. The summed E-state index contributed by atoms with van der Waals surface area (Å²) in [6.07, 6.45) is 0. The van der Waals surface area contributed by atoms with Gasteiger partial charge in [0.05, 0.1) is 12.9 Å². The highest BCUT2D eigenvalue weighted by atomic mass is 32.2. The number of hydrogen-bond acceptors (Lipinski definition) is 6. The Morgan fingerprint density at radius 1 is 1.24 bits per heavy atom. The lowest BCUT2D eigenvalue weighted by Crippen LogP contribution is -2.47. The van der Waals surface area contributed by atoms with Gasteiger partial charge in [0.25, 0.3) is 0 Å². The number of nitrogens with zero attached hydrogens (tertiary/aromatic N) is 2. The van der Waals surface area contributed by atoms with E-state index in [1.54, 1.807) is 13.2 Å². The molecular weight excluding hydrogens is 351 g/mol. The molecule has 2 rings (SSSR count). The molecule has 0 bridgehead atoms. The third kappa shape index (κ3) is 6.26. The van der Waals surface area contributed by atoms with Crippen molar-refractivity contribution in [2.45, 2.75) is 6.54 Å². The first-order valence-electron chi connectivity index (χ1n) is 7.98. The SMILES string of the molecule is COc1ccc(F)cc1CN1CCN(CCS(=O)(=O)CC(=O)O)CC1. The maximum absolute atomic E-state index is 13.4. The molecule has 1 fully saturated rings. The zero-order valence-electron chi connectivity index (χ0n) is 14.1. The predicted octanol–water partition coefficient (Wildman–Crippen LogP) is 0.451. The number of aliphatic carboxylic acids is 1. The van der Waals surface area contributed by atoms with Crippen molar-refractivity contribution in [2.24, 2.45) is 0 Å². The second-order valence-electron chi connectivity index (χ2n) is 6.06. The van der Waals surface area contributed by atoms with Gasteiger partial charge in [0.15, 0.2) is 9.84 Å². The van der Waals surface area contributed by atoms with Crippen molar-refractivity contribution in [3.63, 3.8) is 0 Å². The first kappa shape index (κ1) is 19.6. The van der Waals surface area contributed by atoms with E-state index in [0.29, 0.717) is 31.9 Å². The topological polar surface area (TPSA) is 87.2 Å². The number of hydrogen-bond donors (Lipinski definition) is 1. The van der Waals surface area contributed by atoms with Gasteiger partial charge >= 0.3 is 5.97 Å². The second-order valence-corrected chi connectivity index (χ2v) is 8.24. The molecule has 0 aliphatic carbocycles. The van der Waals surface area contributed by atoms with Gasteiger partial charge in [-0.2, -0.15) is 0 Å². The van der Waals surface area contributed by atoms with Crippen LogP contribution in [0.4, 0.5) is 4.39 Å². The highest BCUT2D eigenvalue weighted by Crippen LogP contribution is 2.21. The fourth-order valence-corrected chi connectivity index (χ4v) is 3.87. The van der Waals surface area contributed by atoms with Crippen LogP contribution in [0.1, 0.15) is 5.56 Å². The zero-order chi connectivity index (χ0) is 18.4. The number of benzene rings is 1. The van der Waals surface area contributed by atoms with Gasteiger partial charge in [0.2, 0.25) is 0 Å². The molecule has 0 saturated carbocycles. The van der Waals surface area contributed by atoms with E-state index in [2.05, 4.69) is 4.90 Å². The first-order chi connectivity index (χ1) is 11.8. The van der Waals surface area contributed by atoms with E-state index < -0.39 is 21.6 Å². The number of methoxy groups -OCH3 is 1. The van der Waals surface area contributed by atoms with Crippen LogP contribution in [-0.4, -0.2) is 80.6 Å². The van der Waals surface area contributed by atoms with Crippen molar-refractivity contribution in [3.8, 4) is 5.75 Å². The van der Waals surface area contributed by atoms with E-state index in [1.807, 2.05) is 4.90 Å². The van der Waals surface area contributed by atoms with Gasteiger partial charge in [0, 0.05) is 44.8 Å². The minimum atomic E-state index is -3.57. The Hall–Kier alpha value is -1.71. The Morgan fingerprint density at radius 3 is 2.48 bits per heavy atom. The van der Waals surface area contributed by atoms with Crippen molar-refractivity contribution >= 4 is 15.8 Å². The monoisotopic (exact) mass is 374 g/mol. The highest BCUT2D eigenvalue weighted by molar-refractivity contribution is 7.92. The van der Waals surface area contributed by atoms with Crippen LogP contribution in [0, 0.1) is 5.82 Å². The number of rotatable bonds is 8. The second kappa shape index (κ2) is 8.59. The average Bonchev–Trinajstić information content (AvgIpc) is 2.53. The Balaban J connectivity index is 1.82. The molecule has 1 N–H and O–H groups in total. The molecule has 1 aromatic rings. The Morgan fingerprint density at radius 2 is 1.88 bits per heavy atom. The van der Waals surface area contributed by atoms with Crippen LogP contribution in [0.25, 0.3) is 0 Å². The van der Waals surface area contributed by atoms with Crippen LogP contribution < -0.4 is 4.74 Å². The minimum Gasteiger partial charge on any atom is -0.496 e. The van der Waals surface area contributed by atoms with Crippen LogP contribution in [0.3, 0.4) is 0 Å². The van der Waals surface area contributed by atoms with Crippen LogP contribution in [-0.2, 0) is 21.2 Å². The summed E-state index contributed by atoms with van der Waals surface area (Å²) in [5.41, 5.74) is 0.778. The number of carboxylic acids is 1. The Labute approximate surface area is 146 Å². The van der Waals surface area contributed by atoms with E-state index in [1.165, 1.54) is 12.1 Å². The van der Waals surface area contributed by atoms with Crippen molar-refractivity contribution < 1.29 is 27.4 Å². The number of carbonyl (C=O) groups is 1. The smallest absolute Gasteiger partial charge is 0.318 e. The molecule has 0 atom stereocenters. The number of halogens is 1. The van der Waals surface area contributed by atoms with Gasteiger partial charge < -0.3 is 9.84 Å². The van der Waals surface area contributed by atoms with Gasteiger partial charge in [-0.15, -0.1) is 0 Å². The fraction of sp³-hybridized carbons (Fsp3) is 0.562. The Kier molecular flexibility index (Phi) is 6.74. The van der Waals surface area contributed by atoms with E-state index >= 15 is 0 Å². The van der Waals surface area contributed by atoms with E-state index in [9.17, 15) is 17.6 Å². The quantitative estimate of drug-likeness (QED) is 0.707. The summed E-state index contributed by atoms with van der Waals surface area (Å²) in [4.78, 5) is 14.7. The molecule has 25 heavy (non-hydrogen) atoms. The summed E-state index contributed by atoms with van der Waals surface area (Å²) in [5, 5.41) is 8.59. The summed E-state index contributed by atoms with van der Waals surface area (Å²) in [5.74, 6) is -1.97. The number of sulfone groups is 1. The molecule has 1 aliphatic heterocycles. The van der Waals surface area contributed by atoms with Crippen LogP contribution in [0.2, 0.25) is 0 Å². The third-order valence-electron chi connectivity index (χ3n) is 4.16. The molecule has 0 radical (unpaired) electrons. The van der Waals surface area contributed by atoms with Crippen LogP contribution >= 0.6 is 0 Å². The van der Waals surface area contributed by atoms with Crippen molar-refractivity contribution in [2.75, 3.05) is 51.3 Å². The molecule has 0 spiro atoms. The van der Waals surface area contributed by atoms with Gasteiger partial charge in [0.1, 0.15) is 17.3 Å². The molecule has 140 valence electrons. The fourth-order valence-electron chi connectivity index (χ4n) is 2.81. The van der Waals surface area contributed by atoms with E-state index in [-0.39, 0.29) is 11.6 Å². The lowest BCUT2D eigenvalue weighted by atomic mass is 10.1. The third-order valence-corrected chi connectivity index (χ3v) is 5.65. The van der Waals surface area contributed by atoms with Crippen molar-refractivity contribution in [1.82, 2.24) is 9.80 Å². The molecule has 1 aromatic carbocycles. The molecular formula is C16H23FN2O5S. The molecule has 0 unspecified atom stereocenters. The molecule has 1 saturated heterocycles. The lowest BCUT2D eigenvalue weighted by molar-refractivity contribution is -0.134. The zero-order valence-corrected chi connectivity index (χ0v) is 15.0. The first-order valence-corrected chi connectivity index (χ1v) is 9.80. The molecule has 1 aliphatic rings. The van der Waals surface area contributed by atoms with E-state index in [4.69, 9.17) is 9.84 Å². The summed E-state index contributed by atoms with van der Waals surface area (Å²) < 4.78 is 41.9. The van der Waals surface area contributed by atoms with Gasteiger partial charge in [-0.3, -0.25) is 14.6 Å². The molecule has 0 aromatic heterocycles. The van der Waals surface area contributed by atoms with Gasteiger partial charge in [-0.25, -0.2) is 12.8 Å². The molecule has 9 heteroatoms. The summed E-state index contributed by atoms with van der Waals surface area (Å²) >= 11 is 0. The normalized spacial score (nSPS) is 16.7. The maximum atomic E-state index is 13.4. The van der Waals surface area contributed by atoms with E-state index in [0.717, 1.165) is 18.7 Å². The number of piperazine rings is 1. The molecule has 0 amide bonds. The standard InChI is InChI=1S/C16H23FN2O5S/c1-24-15-3-2-14(17)10-13(15)11-19-6-4-18(5-7-19)8-9-25(22,23)12-16(20)21/h2-3,10H,4-9,11-12H2,1H3,(H,20,21). The van der Waals surface area contributed by atoms with Crippen molar-refractivity contribution in [3.05, 3.63) is 29.6 Å². The van der Waals surface area contributed by atoms with Crippen molar-refractivity contribution in [1.29, 1.82) is 0 Å². The van der Waals surface area contributed by atoms with Gasteiger partial charge in [-0.1, -0.05) is 0 Å². The van der Waals surface area contributed by atoms with Crippen LogP contribution in [0.5, 0.6) is 5.75 Å². The Bertz CT molecular complexity index is 702. The maximum Gasteiger partial charge on any atom is 0.318 e. The van der Waals surface area contributed by atoms with Crippen LogP contribution in [0.15, 0.2) is 18.2 Å². The van der Waals surface area contributed by atoms with Gasteiger partial charge in [-0.05, 0) is 18.2 Å². The molecule has 1 heterocycles. The lowest BCUT2D eigenvalue weighted by Gasteiger charge is -2.34. The average molecular weight is 374 g/mol. The number of carboxylic acid groups (broad SMARTS) is 1. The molecule has 7 nitrogen and oxygen atoms in total. The largest absolute Gasteiger partial charge is 0.496 e. The summed E-state index contributed by atoms with van der Waals surface area (Å²) in [6.45, 7) is 3.69. The summed E-state index contributed by atoms with van der Waals surface area (Å²) in [7, 11) is -2.02.